The van der Waals surface area contributed by atoms with Crippen LogP contribution in [0.4, 0.5) is 4.39 Å². The molecule has 1 fully saturated rings. The van der Waals surface area contributed by atoms with Gasteiger partial charge in [0.25, 0.3) is 5.91 Å². The molecule has 116 valence electrons. The topological polar surface area (TPSA) is 45.5 Å². The minimum absolute atomic E-state index is 0.0809. The molecule has 1 aliphatic heterocycles. The summed E-state index contributed by atoms with van der Waals surface area (Å²) in [4.78, 5) is 14.3. The molecule has 4 nitrogen and oxygen atoms in total. The molecule has 2 atom stereocenters. The minimum atomic E-state index is -0.445. The number of nitrogens with one attached hydrogen (secondary N) is 1. The molecule has 0 unspecified atom stereocenters. The summed E-state index contributed by atoms with van der Waals surface area (Å²) in [6.45, 7) is 0.825. The lowest BCUT2D eigenvalue weighted by Gasteiger charge is -2.26. The van der Waals surface area contributed by atoms with E-state index in [0.717, 1.165) is 18.5 Å². The first-order valence-electron chi connectivity index (χ1n) is 7.04. The Morgan fingerprint density at radius 2 is 2.27 bits per heavy atom. The molecule has 1 amide bonds. The third kappa shape index (κ3) is 2.87. The molecule has 1 N–H and O–H groups in total. The highest BCUT2D eigenvalue weighted by Crippen LogP contribution is 2.32. The second-order valence-electron chi connectivity index (χ2n) is 5.48. The third-order valence-electron chi connectivity index (χ3n) is 4.03. The number of carbonyl (C=O) groups excluding carboxylic acids is 1. The highest BCUT2D eigenvalue weighted by molar-refractivity contribution is 6.30. The van der Waals surface area contributed by atoms with Crippen LogP contribution in [0.1, 0.15) is 28.4 Å². The standard InChI is InChI=1S/C16H16ClFN2O2/c1-20-6-4-14(19-16(21)11-5-7-22-9-11)15(20)10-2-3-12(17)13(18)8-10/h2-3,5,7-9,14-15H,4,6H2,1H3,(H,19,21)/t14-,15+/m0/s1. The number of nitrogens with zero attached hydrogens (tertiary/aromatic N) is 1. The Hall–Kier alpha value is -1.85. The van der Waals surface area contributed by atoms with E-state index in [-0.39, 0.29) is 23.0 Å². The highest BCUT2D eigenvalue weighted by Gasteiger charge is 2.34. The monoisotopic (exact) mass is 322 g/mol. The van der Waals surface area contributed by atoms with Gasteiger partial charge < -0.3 is 9.73 Å². The number of amides is 1. The zero-order valence-electron chi connectivity index (χ0n) is 12.1. The maximum atomic E-state index is 13.7. The summed E-state index contributed by atoms with van der Waals surface area (Å²) in [6.07, 6.45) is 3.67. The van der Waals surface area contributed by atoms with Gasteiger partial charge >= 0.3 is 0 Å². The fourth-order valence-corrected chi connectivity index (χ4v) is 3.04. The van der Waals surface area contributed by atoms with Gasteiger partial charge in [0.2, 0.25) is 0 Å². The number of benzene rings is 1. The first-order chi connectivity index (χ1) is 10.6. The Balaban J connectivity index is 1.81. The molecule has 1 aliphatic rings. The Bertz CT molecular complexity index is 675. The lowest BCUT2D eigenvalue weighted by Crippen LogP contribution is -2.38. The molecule has 22 heavy (non-hydrogen) atoms. The van der Waals surface area contributed by atoms with Crippen molar-refractivity contribution in [2.24, 2.45) is 0 Å². The molecule has 0 bridgehead atoms. The van der Waals surface area contributed by atoms with Crippen molar-refractivity contribution in [3.63, 3.8) is 0 Å². The molecule has 0 radical (unpaired) electrons. The van der Waals surface area contributed by atoms with E-state index in [2.05, 4.69) is 10.2 Å². The van der Waals surface area contributed by atoms with Gasteiger partial charge in [-0.1, -0.05) is 17.7 Å². The fourth-order valence-electron chi connectivity index (χ4n) is 2.93. The van der Waals surface area contributed by atoms with E-state index in [1.165, 1.54) is 18.6 Å². The fraction of sp³-hybridized carbons (Fsp3) is 0.312. The summed E-state index contributed by atoms with van der Waals surface area (Å²) in [6, 6.07) is 6.23. The molecule has 1 aromatic carbocycles. The number of halogens is 2. The van der Waals surface area contributed by atoms with Crippen molar-refractivity contribution in [1.82, 2.24) is 10.2 Å². The maximum Gasteiger partial charge on any atom is 0.254 e. The van der Waals surface area contributed by atoms with Gasteiger partial charge in [0.1, 0.15) is 12.1 Å². The van der Waals surface area contributed by atoms with E-state index in [1.54, 1.807) is 18.2 Å². The van der Waals surface area contributed by atoms with Crippen molar-refractivity contribution in [2.75, 3.05) is 13.6 Å². The van der Waals surface area contributed by atoms with E-state index < -0.39 is 5.82 Å². The summed E-state index contributed by atoms with van der Waals surface area (Å²) in [5.41, 5.74) is 1.29. The van der Waals surface area contributed by atoms with Crippen LogP contribution < -0.4 is 5.32 Å². The largest absolute Gasteiger partial charge is 0.472 e. The van der Waals surface area contributed by atoms with Gasteiger partial charge in [-0.2, -0.15) is 0 Å². The van der Waals surface area contributed by atoms with Crippen molar-refractivity contribution >= 4 is 17.5 Å². The maximum absolute atomic E-state index is 13.7. The molecule has 0 aliphatic carbocycles. The van der Waals surface area contributed by atoms with Crippen LogP contribution in [0, 0.1) is 5.82 Å². The van der Waals surface area contributed by atoms with Crippen LogP contribution in [0.5, 0.6) is 0 Å². The van der Waals surface area contributed by atoms with Crippen LogP contribution in [0.2, 0.25) is 5.02 Å². The number of hydrogen-bond acceptors (Lipinski definition) is 3. The predicted molar refractivity (Wildman–Crippen MR) is 81.4 cm³/mol. The molecule has 2 aromatic rings. The van der Waals surface area contributed by atoms with Gasteiger partial charge in [-0.15, -0.1) is 0 Å². The Morgan fingerprint density at radius 3 is 2.95 bits per heavy atom. The number of carbonyl (C=O) groups is 1. The average Bonchev–Trinajstić information content (AvgIpc) is 3.13. The van der Waals surface area contributed by atoms with Crippen LogP contribution in [-0.2, 0) is 0 Å². The second kappa shape index (κ2) is 6.10. The van der Waals surface area contributed by atoms with E-state index >= 15 is 0 Å². The van der Waals surface area contributed by atoms with Crippen LogP contribution in [0.25, 0.3) is 0 Å². The molecule has 0 saturated carbocycles. The molecular formula is C16H16ClFN2O2. The zero-order valence-corrected chi connectivity index (χ0v) is 12.8. The SMILES string of the molecule is CN1CC[C@H](NC(=O)c2ccoc2)[C@H]1c1ccc(Cl)c(F)c1. The van der Waals surface area contributed by atoms with Crippen molar-refractivity contribution < 1.29 is 13.6 Å². The summed E-state index contributed by atoms with van der Waals surface area (Å²) < 4.78 is 18.6. The van der Waals surface area contributed by atoms with Crippen molar-refractivity contribution in [1.29, 1.82) is 0 Å². The number of likely N-dealkylation sites (tertiary alicyclic amines) is 1. The van der Waals surface area contributed by atoms with Crippen molar-refractivity contribution in [3.05, 3.63) is 58.8 Å². The molecule has 6 heteroatoms. The molecule has 1 saturated heterocycles. The first kappa shape index (κ1) is 15.1. The number of rotatable bonds is 3. The molecule has 0 spiro atoms. The predicted octanol–water partition coefficient (Wildman–Crippen LogP) is 3.25. The lowest BCUT2D eigenvalue weighted by atomic mass is 9.99. The Kier molecular flexibility index (Phi) is 4.18. The van der Waals surface area contributed by atoms with E-state index in [1.807, 2.05) is 7.05 Å². The van der Waals surface area contributed by atoms with Crippen LogP contribution in [0.3, 0.4) is 0 Å². The van der Waals surface area contributed by atoms with Crippen LogP contribution >= 0.6 is 11.6 Å². The van der Waals surface area contributed by atoms with Crippen LogP contribution in [-0.4, -0.2) is 30.4 Å². The number of furan rings is 1. The quantitative estimate of drug-likeness (QED) is 0.943. The highest BCUT2D eigenvalue weighted by atomic mass is 35.5. The third-order valence-corrected chi connectivity index (χ3v) is 4.34. The summed E-state index contributed by atoms with van der Waals surface area (Å²) in [7, 11) is 1.96. The van der Waals surface area contributed by atoms with Crippen LogP contribution in [0.15, 0.2) is 41.2 Å². The van der Waals surface area contributed by atoms with Gasteiger partial charge in [0.15, 0.2) is 0 Å². The van der Waals surface area contributed by atoms with E-state index in [0.29, 0.717) is 5.56 Å². The molecule has 3 rings (SSSR count). The van der Waals surface area contributed by atoms with Gasteiger partial charge in [-0.3, -0.25) is 9.69 Å². The summed E-state index contributed by atoms with van der Waals surface area (Å²) in [5.74, 6) is -0.632. The Labute approximate surface area is 132 Å². The average molecular weight is 323 g/mol. The van der Waals surface area contributed by atoms with Gasteiger partial charge in [0.05, 0.1) is 28.9 Å². The van der Waals surface area contributed by atoms with E-state index in [9.17, 15) is 9.18 Å². The lowest BCUT2D eigenvalue weighted by molar-refractivity contribution is 0.0927. The molecule has 2 heterocycles. The normalized spacial score (nSPS) is 22.0. The minimum Gasteiger partial charge on any atom is -0.472 e. The Morgan fingerprint density at radius 1 is 1.45 bits per heavy atom. The van der Waals surface area contributed by atoms with Gasteiger partial charge in [-0.05, 0) is 37.2 Å². The smallest absolute Gasteiger partial charge is 0.254 e. The van der Waals surface area contributed by atoms with Gasteiger partial charge in [-0.25, -0.2) is 4.39 Å². The summed E-state index contributed by atoms with van der Waals surface area (Å²) >= 11 is 5.74. The van der Waals surface area contributed by atoms with Crippen molar-refractivity contribution in [2.45, 2.75) is 18.5 Å². The second-order valence-corrected chi connectivity index (χ2v) is 5.89. The molecule has 1 aromatic heterocycles. The number of likely N-dealkylation sites (N-methyl/N-ethyl adjacent to an activating group) is 1. The zero-order chi connectivity index (χ0) is 15.7. The first-order valence-corrected chi connectivity index (χ1v) is 7.42. The van der Waals surface area contributed by atoms with Gasteiger partial charge in [0, 0.05) is 6.54 Å². The molecular weight excluding hydrogens is 307 g/mol. The van der Waals surface area contributed by atoms with Crippen molar-refractivity contribution in [3.8, 4) is 0 Å². The summed E-state index contributed by atoms with van der Waals surface area (Å²) in [5, 5.41) is 3.10. The van der Waals surface area contributed by atoms with E-state index in [4.69, 9.17) is 16.0 Å². The number of hydrogen-bond donors (Lipinski definition) is 1.